The van der Waals surface area contributed by atoms with Gasteiger partial charge in [-0.25, -0.2) is 0 Å². The zero-order chi connectivity index (χ0) is 14.8. The van der Waals surface area contributed by atoms with Crippen LogP contribution >= 0.6 is 0 Å². The number of pyridine rings is 1. The van der Waals surface area contributed by atoms with Crippen LogP contribution in [-0.4, -0.2) is 10.5 Å². The molecule has 0 spiro atoms. The Morgan fingerprint density at radius 2 is 2.05 bits per heavy atom. The van der Waals surface area contributed by atoms with Gasteiger partial charge in [0.1, 0.15) is 11.3 Å². The minimum Gasteiger partial charge on any atom is -0.467 e. The number of furan rings is 1. The largest absolute Gasteiger partial charge is 0.467 e. The monoisotopic (exact) mass is 282 g/mol. The van der Waals surface area contributed by atoms with E-state index in [1.807, 2.05) is 19.2 Å². The van der Waals surface area contributed by atoms with Gasteiger partial charge < -0.3 is 14.3 Å². The number of nitrogens with one attached hydrogen (secondary N) is 1. The minimum absolute atomic E-state index is 0.128. The van der Waals surface area contributed by atoms with E-state index >= 15 is 0 Å². The third-order valence-corrected chi connectivity index (χ3v) is 3.34. The number of rotatable bonds is 3. The fourth-order valence-electron chi connectivity index (χ4n) is 2.28. The van der Waals surface area contributed by atoms with Gasteiger partial charge in [-0.1, -0.05) is 12.1 Å². The predicted molar refractivity (Wildman–Crippen MR) is 79.1 cm³/mol. The summed E-state index contributed by atoms with van der Waals surface area (Å²) in [5.74, 6) is 0.235. The average molecular weight is 282 g/mol. The number of aromatic nitrogens is 1. The average Bonchev–Trinajstić information content (AvgIpc) is 3.02. The molecular weight excluding hydrogens is 268 g/mol. The van der Waals surface area contributed by atoms with Gasteiger partial charge in [0.15, 0.2) is 0 Å². The van der Waals surface area contributed by atoms with Crippen molar-refractivity contribution >= 4 is 16.8 Å². The van der Waals surface area contributed by atoms with E-state index in [-0.39, 0.29) is 17.5 Å². The molecule has 0 radical (unpaired) electrons. The van der Waals surface area contributed by atoms with E-state index < -0.39 is 5.91 Å². The fourth-order valence-corrected chi connectivity index (χ4v) is 2.28. The lowest BCUT2D eigenvalue weighted by Crippen LogP contribution is -2.29. The summed E-state index contributed by atoms with van der Waals surface area (Å²) in [4.78, 5) is 24.6. The molecule has 0 fully saturated rings. The van der Waals surface area contributed by atoms with Crippen LogP contribution in [0.5, 0.6) is 0 Å². The maximum atomic E-state index is 12.4. The van der Waals surface area contributed by atoms with E-state index in [4.69, 9.17) is 4.42 Å². The second kappa shape index (κ2) is 5.28. The number of hydrogen-bond donors (Lipinski definition) is 1. The quantitative estimate of drug-likeness (QED) is 0.799. The Labute approximate surface area is 120 Å². The Kier molecular flexibility index (Phi) is 3.31. The topological polar surface area (TPSA) is 64.2 Å². The molecule has 2 heterocycles. The number of benzene rings is 1. The maximum absolute atomic E-state index is 12.4. The van der Waals surface area contributed by atoms with Gasteiger partial charge in [0.05, 0.1) is 18.3 Å². The molecule has 106 valence electrons. The van der Waals surface area contributed by atoms with Crippen molar-refractivity contribution in [1.29, 1.82) is 0 Å². The van der Waals surface area contributed by atoms with Gasteiger partial charge in [-0.2, -0.15) is 0 Å². The van der Waals surface area contributed by atoms with Crippen molar-refractivity contribution in [3.05, 3.63) is 70.4 Å². The molecule has 5 nitrogen and oxygen atoms in total. The van der Waals surface area contributed by atoms with Crippen molar-refractivity contribution in [3.8, 4) is 0 Å². The highest BCUT2D eigenvalue weighted by Crippen LogP contribution is 2.10. The van der Waals surface area contributed by atoms with Crippen LogP contribution in [0, 0.1) is 0 Å². The molecule has 0 saturated carbocycles. The van der Waals surface area contributed by atoms with Gasteiger partial charge in [0, 0.05) is 18.6 Å². The van der Waals surface area contributed by atoms with Crippen molar-refractivity contribution in [2.45, 2.75) is 6.54 Å². The lowest BCUT2D eigenvalue weighted by atomic mass is 10.1. The number of aryl methyl sites for hydroxylation is 1. The summed E-state index contributed by atoms with van der Waals surface area (Å²) in [7, 11) is 1.81. The van der Waals surface area contributed by atoms with Gasteiger partial charge in [0.25, 0.3) is 5.91 Å². The van der Waals surface area contributed by atoms with Crippen LogP contribution in [0.4, 0.5) is 0 Å². The molecule has 0 atom stereocenters. The normalized spacial score (nSPS) is 10.7. The molecule has 5 heteroatoms. The van der Waals surface area contributed by atoms with E-state index in [0.717, 1.165) is 5.52 Å². The van der Waals surface area contributed by atoms with Crippen LogP contribution in [-0.2, 0) is 13.6 Å². The molecule has 2 aromatic heterocycles. The van der Waals surface area contributed by atoms with Crippen molar-refractivity contribution in [1.82, 2.24) is 9.88 Å². The predicted octanol–water partition coefficient (Wildman–Crippen LogP) is 2.06. The lowest BCUT2D eigenvalue weighted by Gasteiger charge is -2.09. The number of amides is 1. The summed E-state index contributed by atoms with van der Waals surface area (Å²) >= 11 is 0. The lowest BCUT2D eigenvalue weighted by molar-refractivity contribution is 0.0946. The van der Waals surface area contributed by atoms with Gasteiger partial charge >= 0.3 is 0 Å². The SMILES string of the molecule is Cn1cc(C(=O)NCc2ccco2)c(=O)c2ccccc21. The number of fused-ring (bicyclic) bond motifs is 1. The van der Waals surface area contributed by atoms with Crippen LogP contribution in [0.1, 0.15) is 16.1 Å². The summed E-state index contributed by atoms with van der Waals surface area (Å²) in [6, 6.07) is 10.7. The highest BCUT2D eigenvalue weighted by molar-refractivity contribution is 5.97. The highest BCUT2D eigenvalue weighted by atomic mass is 16.3. The number of carbonyl (C=O) groups excluding carboxylic acids is 1. The Balaban J connectivity index is 1.95. The van der Waals surface area contributed by atoms with E-state index in [1.165, 1.54) is 6.26 Å². The molecule has 21 heavy (non-hydrogen) atoms. The van der Waals surface area contributed by atoms with Crippen molar-refractivity contribution in [2.24, 2.45) is 7.05 Å². The third kappa shape index (κ3) is 2.45. The molecule has 0 saturated heterocycles. The zero-order valence-electron chi connectivity index (χ0n) is 11.5. The first-order chi connectivity index (χ1) is 10.2. The van der Waals surface area contributed by atoms with E-state index in [0.29, 0.717) is 11.1 Å². The number of hydrogen-bond acceptors (Lipinski definition) is 3. The third-order valence-electron chi connectivity index (χ3n) is 3.34. The van der Waals surface area contributed by atoms with Crippen molar-refractivity contribution < 1.29 is 9.21 Å². The van der Waals surface area contributed by atoms with E-state index in [9.17, 15) is 9.59 Å². The number of para-hydroxylation sites is 1. The molecular formula is C16H14N2O3. The van der Waals surface area contributed by atoms with Gasteiger partial charge in [-0.3, -0.25) is 9.59 Å². The van der Waals surface area contributed by atoms with Crippen LogP contribution in [0.25, 0.3) is 10.9 Å². The Morgan fingerprint density at radius 3 is 2.81 bits per heavy atom. The Bertz CT molecular complexity index is 848. The Hall–Kier alpha value is -2.82. The van der Waals surface area contributed by atoms with Gasteiger partial charge in [-0.05, 0) is 24.3 Å². The fraction of sp³-hybridized carbons (Fsp3) is 0.125. The summed E-state index contributed by atoms with van der Waals surface area (Å²) in [6.45, 7) is 0.252. The molecule has 3 rings (SSSR count). The molecule has 0 aliphatic heterocycles. The first-order valence-corrected chi connectivity index (χ1v) is 6.56. The molecule has 0 unspecified atom stereocenters. The van der Waals surface area contributed by atoms with Crippen LogP contribution in [0.2, 0.25) is 0 Å². The molecule has 3 aromatic rings. The summed E-state index contributed by atoms with van der Waals surface area (Å²) < 4.78 is 6.92. The molecule has 0 bridgehead atoms. The first kappa shape index (κ1) is 13.2. The molecule has 1 N–H and O–H groups in total. The summed E-state index contributed by atoms with van der Waals surface area (Å²) in [6.07, 6.45) is 3.10. The smallest absolute Gasteiger partial charge is 0.257 e. The molecule has 0 aliphatic rings. The van der Waals surface area contributed by atoms with E-state index in [1.54, 1.807) is 35.0 Å². The van der Waals surface area contributed by atoms with Gasteiger partial charge in [0.2, 0.25) is 5.43 Å². The highest BCUT2D eigenvalue weighted by Gasteiger charge is 2.14. The van der Waals surface area contributed by atoms with Crippen molar-refractivity contribution in [2.75, 3.05) is 0 Å². The van der Waals surface area contributed by atoms with Crippen molar-refractivity contribution in [3.63, 3.8) is 0 Å². The zero-order valence-corrected chi connectivity index (χ0v) is 11.5. The standard InChI is InChI=1S/C16H14N2O3/c1-18-10-13(15(19)12-6-2-3-7-14(12)18)16(20)17-9-11-5-4-8-21-11/h2-8,10H,9H2,1H3,(H,17,20). The van der Waals surface area contributed by atoms with Gasteiger partial charge in [-0.15, -0.1) is 0 Å². The number of nitrogens with zero attached hydrogens (tertiary/aromatic N) is 1. The minimum atomic E-state index is -0.405. The second-order valence-corrected chi connectivity index (χ2v) is 4.76. The number of carbonyl (C=O) groups is 1. The maximum Gasteiger partial charge on any atom is 0.257 e. The molecule has 1 aromatic carbocycles. The molecule has 0 aliphatic carbocycles. The van der Waals surface area contributed by atoms with Crippen LogP contribution in [0.3, 0.4) is 0 Å². The first-order valence-electron chi connectivity index (χ1n) is 6.56. The van der Waals surface area contributed by atoms with E-state index in [2.05, 4.69) is 5.32 Å². The summed E-state index contributed by atoms with van der Waals surface area (Å²) in [5.41, 5.74) is 0.661. The Morgan fingerprint density at radius 1 is 1.24 bits per heavy atom. The molecule has 1 amide bonds. The summed E-state index contributed by atoms with van der Waals surface area (Å²) in [5, 5.41) is 3.22. The second-order valence-electron chi connectivity index (χ2n) is 4.76. The van der Waals surface area contributed by atoms with Crippen LogP contribution in [0.15, 0.2) is 58.1 Å². The van der Waals surface area contributed by atoms with Crippen LogP contribution < -0.4 is 10.7 Å².